The van der Waals surface area contributed by atoms with Crippen LogP contribution in [0.2, 0.25) is 0 Å². The van der Waals surface area contributed by atoms with E-state index < -0.39 is 30.1 Å². The van der Waals surface area contributed by atoms with Crippen LogP contribution >= 0.6 is 11.3 Å². The average molecular weight is 554 g/mol. The number of nitrogens with one attached hydrogen (secondary N) is 1. The predicted molar refractivity (Wildman–Crippen MR) is 151 cm³/mol. The van der Waals surface area contributed by atoms with Crippen molar-refractivity contribution in [3.05, 3.63) is 47.3 Å². The molecule has 1 aromatic heterocycles. The van der Waals surface area contributed by atoms with Crippen LogP contribution < -0.4 is 5.32 Å². The predicted octanol–water partition coefficient (Wildman–Crippen LogP) is 3.74. The molecule has 39 heavy (non-hydrogen) atoms. The number of aliphatic hydroxyl groups excluding tert-OH is 1. The van der Waals surface area contributed by atoms with Crippen molar-refractivity contribution in [1.29, 1.82) is 0 Å². The van der Waals surface area contributed by atoms with Gasteiger partial charge in [0.25, 0.3) is 11.8 Å². The third-order valence-corrected chi connectivity index (χ3v) is 8.41. The zero-order valence-electron chi connectivity index (χ0n) is 23.3. The lowest BCUT2D eigenvalue weighted by Gasteiger charge is -2.30. The largest absolute Gasteiger partial charge is 0.383 e. The Morgan fingerprint density at radius 2 is 1.74 bits per heavy atom. The number of amides is 3. The van der Waals surface area contributed by atoms with Crippen LogP contribution in [0, 0.1) is 11.3 Å². The first-order valence-corrected chi connectivity index (χ1v) is 14.4. The zero-order chi connectivity index (χ0) is 28.5. The number of Topliss-reactive ketones (excluding diaryl/α,β-unsaturated/α-hetero) is 1. The standard InChI is InChI=1S/C30H39N3O5S/c1-18(2)15-20(31-27(36)25-12-11-24(39-25)19-9-7-6-8-10-19)28(37)32-14-13-21-26(32)23(35)17-33(21)29(38)22(34)16-30(3,4)5/h6-12,18,20-22,26,34H,13-17H2,1-5H3,(H,31,36). The zero-order valence-corrected chi connectivity index (χ0v) is 24.2. The van der Waals surface area contributed by atoms with Gasteiger partial charge >= 0.3 is 0 Å². The summed E-state index contributed by atoms with van der Waals surface area (Å²) in [6.45, 7) is 10.0. The van der Waals surface area contributed by atoms with E-state index in [-0.39, 0.29) is 41.9 Å². The normalized spacial score (nSPS) is 20.7. The van der Waals surface area contributed by atoms with Crippen molar-refractivity contribution in [1.82, 2.24) is 15.1 Å². The Bertz CT molecular complexity index is 1220. The molecule has 0 spiro atoms. The molecule has 1 aromatic carbocycles. The number of hydrogen-bond donors (Lipinski definition) is 2. The number of rotatable bonds is 8. The van der Waals surface area contributed by atoms with Crippen molar-refractivity contribution in [2.45, 2.75) is 78.1 Å². The van der Waals surface area contributed by atoms with Gasteiger partial charge in [0.2, 0.25) is 5.91 Å². The molecule has 3 amide bonds. The summed E-state index contributed by atoms with van der Waals surface area (Å²) in [6.07, 6.45) is -0.0190. The van der Waals surface area contributed by atoms with E-state index in [4.69, 9.17) is 0 Å². The summed E-state index contributed by atoms with van der Waals surface area (Å²) in [6, 6.07) is 11.5. The van der Waals surface area contributed by atoms with Crippen molar-refractivity contribution in [2.24, 2.45) is 11.3 Å². The highest BCUT2D eigenvalue weighted by Gasteiger charge is 2.53. The number of carbonyl (C=O) groups excluding carboxylic acids is 4. The minimum Gasteiger partial charge on any atom is -0.383 e. The number of ketones is 1. The molecule has 2 N–H and O–H groups in total. The van der Waals surface area contributed by atoms with E-state index in [1.807, 2.05) is 71.0 Å². The number of likely N-dealkylation sites (tertiary alicyclic amines) is 2. The minimum absolute atomic E-state index is 0.113. The highest BCUT2D eigenvalue weighted by atomic mass is 32.1. The lowest BCUT2D eigenvalue weighted by atomic mass is 9.89. The van der Waals surface area contributed by atoms with Crippen molar-refractivity contribution in [3.63, 3.8) is 0 Å². The van der Waals surface area contributed by atoms with Crippen molar-refractivity contribution in [2.75, 3.05) is 13.1 Å². The summed E-state index contributed by atoms with van der Waals surface area (Å²) >= 11 is 1.37. The second kappa shape index (κ2) is 11.6. The molecule has 2 aliphatic rings. The van der Waals surface area contributed by atoms with E-state index in [0.717, 1.165) is 10.4 Å². The summed E-state index contributed by atoms with van der Waals surface area (Å²) in [5.41, 5.74) is 0.772. The van der Waals surface area contributed by atoms with Crippen molar-refractivity contribution >= 4 is 34.8 Å². The Morgan fingerprint density at radius 3 is 2.38 bits per heavy atom. The van der Waals surface area contributed by atoms with Crippen LogP contribution in [0.15, 0.2) is 42.5 Å². The molecule has 4 rings (SSSR count). The van der Waals surface area contributed by atoms with Gasteiger partial charge in [0, 0.05) is 11.4 Å². The molecule has 2 aliphatic heterocycles. The molecule has 0 saturated carbocycles. The van der Waals surface area contributed by atoms with Crippen molar-refractivity contribution in [3.8, 4) is 10.4 Å². The molecule has 2 aromatic rings. The molecule has 4 atom stereocenters. The first-order valence-electron chi connectivity index (χ1n) is 13.6. The Morgan fingerprint density at radius 1 is 1.05 bits per heavy atom. The molecule has 8 nitrogen and oxygen atoms in total. The smallest absolute Gasteiger partial charge is 0.262 e. The molecular formula is C30H39N3O5S. The monoisotopic (exact) mass is 553 g/mol. The SMILES string of the molecule is CC(C)CC(NC(=O)c1ccc(-c2ccccc2)s1)C(=O)N1CCC2C1C(=O)CN2C(=O)C(O)CC(C)(C)C. The van der Waals surface area contributed by atoms with Crippen molar-refractivity contribution < 1.29 is 24.3 Å². The van der Waals surface area contributed by atoms with Gasteiger partial charge in [-0.2, -0.15) is 0 Å². The van der Waals surface area contributed by atoms with E-state index in [0.29, 0.717) is 24.3 Å². The molecule has 3 heterocycles. The van der Waals surface area contributed by atoms with Crippen LogP contribution in [0.3, 0.4) is 0 Å². The Hall–Kier alpha value is -3.04. The van der Waals surface area contributed by atoms with Crippen LogP contribution in [0.4, 0.5) is 0 Å². The average Bonchev–Trinajstić information content (AvgIpc) is 3.59. The summed E-state index contributed by atoms with van der Waals surface area (Å²) in [5.74, 6) is -1.16. The fourth-order valence-corrected chi connectivity index (χ4v) is 6.47. The fourth-order valence-electron chi connectivity index (χ4n) is 5.56. The first-order chi connectivity index (χ1) is 18.4. The number of thiophene rings is 1. The minimum atomic E-state index is -1.19. The third-order valence-electron chi connectivity index (χ3n) is 7.28. The molecule has 2 saturated heterocycles. The van der Waals surface area contributed by atoms with Crippen LogP contribution in [0.5, 0.6) is 0 Å². The number of benzene rings is 1. The molecule has 0 bridgehead atoms. The maximum atomic E-state index is 13.8. The highest BCUT2D eigenvalue weighted by molar-refractivity contribution is 7.17. The summed E-state index contributed by atoms with van der Waals surface area (Å²) in [4.78, 5) is 57.5. The Kier molecular flexibility index (Phi) is 8.61. The third kappa shape index (κ3) is 6.58. The first kappa shape index (κ1) is 29.0. The maximum Gasteiger partial charge on any atom is 0.262 e. The number of nitrogens with zero attached hydrogens (tertiary/aromatic N) is 2. The van der Waals surface area contributed by atoms with Gasteiger partial charge in [-0.25, -0.2) is 0 Å². The molecule has 2 fully saturated rings. The van der Waals surface area contributed by atoms with E-state index >= 15 is 0 Å². The van der Waals surface area contributed by atoms with E-state index in [1.54, 1.807) is 6.07 Å². The summed E-state index contributed by atoms with van der Waals surface area (Å²) in [7, 11) is 0. The number of aliphatic hydroxyl groups is 1. The van der Waals surface area contributed by atoms with Gasteiger partial charge in [-0.05, 0) is 48.3 Å². The lowest BCUT2D eigenvalue weighted by Crippen LogP contribution is -2.53. The van der Waals surface area contributed by atoms with Gasteiger partial charge in [0.15, 0.2) is 5.78 Å². The molecular weight excluding hydrogens is 514 g/mol. The molecule has 4 unspecified atom stereocenters. The molecule has 9 heteroatoms. The molecule has 0 aliphatic carbocycles. The van der Waals surface area contributed by atoms with Gasteiger partial charge in [-0.1, -0.05) is 65.0 Å². The summed E-state index contributed by atoms with van der Waals surface area (Å²) < 4.78 is 0. The maximum absolute atomic E-state index is 13.8. The van der Waals surface area contributed by atoms with Crippen LogP contribution in [-0.4, -0.2) is 75.7 Å². The van der Waals surface area contributed by atoms with Gasteiger partial charge in [-0.3, -0.25) is 19.2 Å². The molecule has 0 radical (unpaired) electrons. The van der Waals surface area contributed by atoms with E-state index in [2.05, 4.69) is 5.32 Å². The van der Waals surface area contributed by atoms with Gasteiger partial charge in [0.1, 0.15) is 18.2 Å². The number of carbonyl (C=O) groups is 4. The lowest BCUT2D eigenvalue weighted by molar-refractivity contribution is -0.143. The fraction of sp³-hybridized carbons (Fsp3) is 0.533. The van der Waals surface area contributed by atoms with Gasteiger partial charge in [0.05, 0.1) is 17.5 Å². The topological polar surface area (TPSA) is 107 Å². The highest BCUT2D eigenvalue weighted by Crippen LogP contribution is 2.33. The van der Waals surface area contributed by atoms with Crippen LogP contribution in [-0.2, 0) is 14.4 Å². The second-order valence-electron chi connectivity index (χ2n) is 12.2. The number of fused-ring (bicyclic) bond motifs is 1. The van der Waals surface area contributed by atoms with E-state index in [9.17, 15) is 24.3 Å². The second-order valence-corrected chi connectivity index (χ2v) is 13.3. The van der Waals surface area contributed by atoms with Crippen LogP contribution in [0.25, 0.3) is 10.4 Å². The number of hydrogen-bond acceptors (Lipinski definition) is 6. The molecule has 210 valence electrons. The quantitative estimate of drug-likeness (QED) is 0.518. The van der Waals surface area contributed by atoms with E-state index in [1.165, 1.54) is 21.1 Å². The van der Waals surface area contributed by atoms with Crippen LogP contribution in [0.1, 0.15) is 63.6 Å². The Balaban J connectivity index is 1.47. The Labute approximate surface area is 234 Å². The van der Waals surface area contributed by atoms with Gasteiger partial charge < -0.3 is 20.2 Å². The van der Waals surface area contributed by atoms with Gasteiger partial charge in [-0.15, -0.1) is 11.3 Å². The summed E-state index contributed by atoms with van der Waals surface area (Å²) in [5, 5.41) is 13.5.